The highest BCUT2D eigenvalue weighted by molar-refractivity contribution is 6.37. The summed E-state index contributed by atoms with van der Waals surface area (Å²) in [6.07, 6.45) is -1.46. The third-order valence-electron chi connectivity index (χ3n) is 8.31. The summed E-state index contributed by atoms with van der Waals surface area (Å²) in [6.45, 7) is 6.20. The molecule has 1 aliphatic heterocycles. The van der Waals surface area contributed by atoms with E-state index >= 15 is 0 Å². The zero-order valence-corrected chi connectivity index (χ0v) is 23.7. The fourth-order valence-electron chi connectivity index (χ4n) is 5.69. The van der Waals surface area contributed by atoms with Gasteiger partial charge in [-0.15, -0.1) is 0 Å². The van der Waals surface area contributed by atoms with Gasteiger partial charge in [-0.2, -0.15) is 13.2 Å². The summed E-state index contributed by atoms with van der Waals surface area (Å²) in [6, 6.07) is 10.1. The number of carbonyl (C=O) groups excluding carboxylic acids is 1. The first kappa shape index (κ1) is 29.9. The van der Waals surface area contributed by atoms with Crippen molar-refractivity contribution in [2.45, 2.75) is 83.2 Å². The molecule has 4 rings (SSSR count). The van der Waals surface area contributed by atoms with Crippen LogP contribution in [0.5, 0.6) is 5.75 Å². The predicted octanol–water partition coefficient (Wildman–Crippen LogP) is 7.73. The monoisotopic (exact) mass is 569 g/mol. The number of carbonyl (C=O) groups is 1. The number of methoxy groups -OCH3 is 1. The van der Waals surface area contributed by atoms with E-state index in [0.717, 1.165) is 42.3 Å². The van der Waals surface area contributed by atoms with E-state index in [1.807, 2.05) is 25.1 Å². The second kappa shape index (κ2) is 13.1. The number of piperidine rings is 1. The number of hydrogen-bond donors (Lipinski definition) is 0. The number of nitrogens with zero attached hydrogens (tertiary/aromatic N) is 1. The summed E-state index contributed by atoms with van der Waals surface area (Å²) < 4.78 is 55.8. The normalized spacial score (nSPS) is 22.9. The van der Waals surface area contributed by atoms with Crippen molar-refractivity contribution in [1.82, 2.24) is 4.90 Å². The summed E-state index contributed by atoms with van der Waals surface area (Å²) in [5.41, 5.74) is 1.11. The van der Waals surface area contributed by atoms with Crippen molar-refractivity contribution < 1.29 is 32.2 Å². The quantitative estimate of drug-likeness (QED) is 0.289. The maximum atomic E-state index is 13.0. The Balaban J connectivity index is 1.37. The summed E-state index contributed by atoms with van der Waals surface area (Å²) in [4.78, 5) is 14.9. The average molecular weight is 570 g/mol. The Morgan fingerprint density at radius 1 is 1.05 bits per heavy atom. The van der Waals surface area contributed by atoms with Crippen molar-refractivity contribution >= 4 is 28.3 Å². The van der Waals surface area contributed by atoms with Crippen molar-refractivity contribution in [3.63, 3.8) is 0 Å². The molecule has 2 aromatic rings. The highest BCUT2D eigenvalue weighted by Crippen LogP contribution is 2.41. The first-order valence-electron chi connectivity index (χ1n) is 14.0. The maximum absolute atomic E-state index is 13.0. The summed E-state index contributed by atoms with van der Waals surface area (Å²) in [7, 11) is 1.64. The van der Waals surface area contributed by atoms with Crippen LogP contribution in [0.25, 0.3) is 10.8 Å². The van der Waals surface area contributed by atoms with E-state index < -0.39 is 12.1 Å². The summed E-state index contributed by atoms with van der Waals surface area (Å²) in [5, 5.41) is 2.34. The molecule has 39 heavy (non-hydrogen) atoms. The smallest absolute Gasteiger partial charge is 0.391 e. The first-order chi connectivity index (χ1) is 18.6. The van der Waals surface area contributed by atoms with E-state index in [1.54, 1.807) is 7.11 Å². The largest absolute Gasteiger partial charge is 0.489 e. The topological polar surface area (TPSA) is 48.0 Å². The zero-order valence-electron chi connectivity index (χ0n) is 22.9. The molecule has 2 aromatic carbocycles. The molecule has 2 unspecified atom stereocenters. The molecule has 5 nitrogen and oxygen atoms in total. The van der Waals surface area contributed by atoms with Crippen LogP contribution < -0.4 is 4.74 Å². The van der Waals surface area contributed by atoms with E-state index in [0.29, 0.717) is 36.6 Å². The van der Waals surface area contributed by atoms with E-state index in [4.69, 9.17) is 25.8 Å². The molecule has 1 heterocycles. The van der Waals surface area contributed by atoms with Crippen LogP contribution in [0.3, 0.4) is 0 Å². The van der Waals surface area contributed by atoms with Gasteiger partial charge >= 0.3 is 12.1 Å². The lowest BCUT2D eigenvalue weighted by Crippen LogP contribution is -2.39. The van der Waals surface area contributed by atoms with Crippen LogP contribution in [0, 0.1) is 11.8 Å². The number of halogens is 4. The fraction of sp³-hybridized carbons (Fsp3) is 0.633. The van der Waals surface area contributed by atoms with Gasteiger partial charge in [-0.05, 0) is 88.5 Å². The number of alkyl halides is 3. The van der Waals surface area contributed by atoms with Crippen molar-refractivity contribution in [2.24, 2.45) is 11.8 Å². The molecule has 0 bridgehead atoms. The third kappa shape index (κ3) is 7.59. The second-order valence-corrected chi connectivity index (χ2v) is 11.4. The molecule has 216 valence electrons. The highest BCUT2D eigenvalue weighted by Gasteiger charge is 2.42. The predicted molar refractivity (Wildman–Crippen MR) is 146 cm³/mol. The zero-order chi connectivity index (χ0) is 28.2. The number of ether oxygens (including phenoxy) is 3. The molecular weight excluding hydrogens is 531 g/mol. The lowest BCUT2D eigenvalue weighted by Gasteiger charge is -2.35. The van der Waals surface area contributed by atoms with Gasteiger partial charge in [-0.25, -0.2) is 0 Å². The average Bonchev–Trinajstić information content (AvgIpc) is 2.92. The SMILES string of the molecule is COCCC(C)OC(=O)C1CCN(C(C)c2ccc3ccc(O[C@H]4CC[C@@H](C(F)(F)F)CC4)c(Cl)c3c2)CC1. The molecule has 2 aliphatic rings. The lowest BCUT2D eigenvalue weighted by atomic mass is 9.87. The van der Waals surface area contributed by atoms with Crippen LogP contribution in [0.2, 0.25) is 5.02 Å². The van der Waals surface area contributed by atoms with Gasteiger partial charge in [0.1, 0.15) is 11.9 Å². The van der Waals surface area contributed by atoms with E-state index in [2.05, 4.69) is 24.0 Å². The molecule has 0 amide bonds. The molecule has 2 fully saturated rings. The van der Waals surface area contributed by atoms with E-state index in [9.17, 15) is 18.0 Å². The molecule has 1 aliphatic carbocycles. The lowest BCUT2D eigenvalue weighted by molar-refractivity contribution is -0.185. The molecule has 1 saturated carbocycles. The minimum atomic E-state index is -4.14. The Morgan fingerprint density at radius 2 is 1.72 bits per heavy atom. The van der Waals surface area contributed by atoms with Crippen molar-refractivity contribution in [3.05, 3.63) is 40.9 Å². The summed E-state index contributed by atoms with van der Waals surface area (Å²) >= 11 is 6.77. The van der Waals surface area contributed by atoms with Crippen LogP contribution in [0.1, 0.15) is 70.4 Å². The second-order valence-electron chi connectivity index (χ2n) is 11.0. The van der Waals surface area contributed by atoms with Gasteiger partial charge in [-0.1, -0.05) is 29.8 Å². The third-order valence-corrected chi connectivity index (χ3v) is 8.70. The number of hydrogen-bond acceptors (Lipinski definition) is 5. The molecular formula is C30H39ClF3NO4. The molecule has 2 atom stereocenters. The molecule has 0 spiro atoms. The number of benzene rings is 2. The van der Waals surface area contributed by atoms with Gasteiger partial charge in [0.15, 0.2) is 0 Å². The van der Waals surface area contributed by atoms with Crippen molar-refractivity contribution in [3.8, 4) is 5.75 Å². The number of rotatable bonds is 9. The minimum Gasteiger partial charge on any atom is -0.489 e. The van der Waals surface area contributed by atoms with Gasteiger partial charge in [-0.3, -0.25) is 9.69 Å². The molecule has 0 radical (unpaired) electrons. The van der Waals surface area contributed by atoms with Gasteiger partial charge in [0.2, 0.25) is 0 Å². The summed E-state index contributed by atoms with van der Waals surface area (Å²) in [5.74, 6) is -0.935. The van der Waals surface area contributed by atoms with Gasteiger partial charge in [0.05, 0.1) is 23.0 Å². The Labute approximate surface area is 233 Å². The minimum absolute atomic E-state index is 0.0856. The van der Waals surface area contributed by atoms with E-state index in [1.165, 1.54) is 0 Å². The fourth-order valence-corrected chi connectivity index (χ4v) is 5.96. The van der Waals surface area contributed by atoms with Crippen LogP contribution in [-0.2, 0) is 14.3 Å². The first-order valence-corrected chi connectivity index (χ1v) is 14.3. The number of fused-ring (bicyclic) bond motifs is 1. The molecule has 9 heteroatoms. The van der Waals surface area contributed by atoms with Gasteiger partial charge in [0.25, 0.3) is 0 Å². The van der Waals surface area contributed by atoms with E-state index in [-0.39, 0.29) is 43.0 Å². The van der Waals surface area contributed by atoms with Crippen molar-refractivity contribution in [2.75, 3.05) is 26.8 Å². The molecule has 0 aromatic heterocycles. The standard InChI is InChI=1S/C30H39ClF3NO4/c1-19(14-17-37-3)38-29(36)22-12-15-35(16-13-22)20(2)23-5-4-21-6-11-27(28(31)26(21)18-23)39-25-9-7-24(8-10-25)30(32,33)34/h4-6,11,18-20,22,24-25H,7-10,12-17H2,1-3H3/t19?,20?,24-,25+. The van der Waals surface area contributed by atoms with Gasteiger partial charge < -0.3 is 14.2 Å². The molecule has 0 N–H and O–H groups in total. The van der Waals surface area contributed by atoms with Crippen molar-refractivity contribution in [1.29, 1.82) is 0 Å². The Hall–Kier alpha value is -2.03. The molecule has 1 saturated heterocycles. The number of likely N-dealkylation sites (tertiary alicyclic amines) is 1. The van der Waals surface area contributed by atoms with Crippen LogP contribution in [0.15, 0.2) is 30.3 Å². The number of esters is 1. The Kier molecular flexibility index (Phi) is 10.0. The maximum Gasteiger partial charge on any atom is 0.391 e. The van der Waals surface area contributed by atoms with Crippen LogP contribution in [-0.4, -0.2) is 56.1 Å². The van der Waals surface area contributed by atoms with Gasteiger partial charge in [0, 0.05) is 31.6 Å². The highest BCUT2D eigenvalue weighted by atomic mass is 35.5. The Morgan fingerprint density at radius 3 is 2.36 bits per heavy atom. The van der Waals surface area contributed by atoms with Crippen LogP contribution >= 0.6 is 11.6 Å². The van der Waals surface area contributed by atoms with Crippen LogP contribution in [0.4, 0.5) is 13.2 Å². The Bertz CT molecular complexity index is 1110.